The standard InChI is InChI=1S/C24H35N3O2/c1-17-14-19(26-12-7-20(15-26)27-11-3-4-18(27)2)5-6-21(17)22-16-29-13-9-24(22)8-10-25-23(24)28/h5-6,14,18,20,22H,3-4,7-13,15-16H2,1-2H3,(H,25,28)/t18-,20-,22?,24?/m1/s1. The lowest BCUT2D eigenvalue weighted by atomic mass is 9.67. The smallest absolute Gasteiger partial charge is 0.227 e. The van der Waals surface area contributed by atoms with Gasteiger partial charge in [0.05, 0.1) is 12.0 Å². The monoisotopic (exact) mass is 397 g/mol. The number of likely N-dealkylation sites (tertiary alicyclic amines) is 1. The lowest BCUT2D eigenvalue weighted by molar-refractivity contribution is -0.134. The number of benzene rings is 1. The van der Waals surface area contributed by atoms with Gasteiger partial charge in [0.25, 0.3) is 0 Å². The minimum absolute atomic E-state index is 0.171. The third kappa shape index (κ3) is 3.27. The van der Waals surface area contributed by atoms with E-state index in [0.29, 0.717) is 19.3 Å². The van der Waals surface area contributed by atoms with Crippen molar-refractivity contribution in [2.24, 2.45) is 5.41 Å². The summed E-state index contributed by atoms with van der Waals surface area (Å²) in [6.07, 6.45) is 5.74. The predicted octanol–water partition coefficient (Wildman–Crippen LogP) is 3.07. The number of nitrogens with one attached hydrogen (secondary N) is 1. The fourth-order valence-electron chi connectivity index (χ4n) is 6.43. The molecule has 4 atom stereocenters. The van der Waals surface area contributed by atoms with Crippen LogP contribution in [0, 0.1) is 12.3 Å². The fourth-order valence-corrected chi connectivity index (χ4v) is 6.43. The van der Waals surface area contributed by atoms with Gasteiger partial charge in [0.15, 0.2) is 0 Å². The zero-order valence-electron chi connectivity index (χ0n) is 18.0. The lowest BCUT2D eigenvalue weighted by Crippen LogP contribution is -2.43. The van der Waals surface area contributed by atoms with Crippen LogP contribution in [-0.2, 0) is 9.53 Å². The summed E-state index contributed by atoms with van der Waals surface area (Å²) in [6, 6.07) is 8.35. The minimum atomic E-state index is -0.269. The Hall–Kier alpha value is -1.59. The molecule has 1 spiro atoms. The topological polar surface area (TPSA) is 44.8 Å². The van der Waals surface area contributed by atoms with Crippen molar-refractivity contribution < 1.29 is 9.53 Å². The van der Waals surface area contributed by atoms with Gasteiger partial charge in [-0.25, -0.2) is 0 Å². The van der Waals surface area contributed by atoms with Crippen LogP contribution >= 0.6 is 0 Å². The minimum Gasteiger partial charge on any atom is -0.381 e. The second-order valence-corrected chi connectivity index (χ2v) is 9.70. The van der Waals surface area contributed by atoms with Gasteiger partial charge >= 0.3 is 0 Å². The SMILES string of the molecule is Cc1cc(N2CC[C@@H](N3CCC[C@H]3C)C2)ccc1C1COCCC12CCNC2=O. The van der Waals surface area contributed by atoms with Crippen molar-refractivity contribution in [1.82, 2.24) is 10.2 Å². The third-order valence-corrected chi connectivity index (χ3v) is 8.18. The van der Waals surface area contributed by atoms with Gasteiger partial charge in [-0.2, -0.15) is 0 Å². The molecule has 29 heavy (non-hydrogen) atoms. The highest BCUT2D eigenvalue weighted by Gasteiger charge is 2.51. The maximum Gasteiger partial charge on any atom is 0.227 e. The van der Waals surface area contributed by atoms with Crippen LogP contribution in [0.4, 0.5) is 5.69 Å². The van der Waals surface area contributed by atoms with Crippen molar-refractivity contribution in [1.29, 1.82) is 0 Å². The maximum absolute atomic E-state index is 12.7. The number of carbonyl (C=O) groups excluding carboxylic acids is 1. The molecule has 1 aromatic rings. The Kier molecular flexibility index (Phi) is 5.07. The van der Waals surface area contributed by atoms with Gasteiger partial charge in [0, 0.05) is 49.9 Å². The largest absolute Gasteiger partial charge is 0.381 e. The van der Waals surface area contributed by atoms with Crippen molar-refractivity contribution in [2.45, 2.75) is 64.0 Å². The highest BCUT2D eigenvalue weighted by molar-refractivity contribution is 5.86. The first kappa shape index (κ1) is 19.4. The highest BCUT2D eigenvalue weighted by atomic mass is 16.5. The molecule has 0 radical (unpaired) electrons. The van der Waals surface area contributed by atoms with E-state index >= 15 is 0 Å². The van der Waals surface area contributed by atoms with Gasteiger partial charge in [-0.3, -0.25) is 9.69 Å². The molecule has 0 saturated carbocycles. The molecule has 4 aliphatic heterocycles. The van der Waals surface area contributed by atoms with Gasteiger partial charge in [-0.1, -0.05) is 6.07 Å². The summed E-state index contributed by atoms with van der Waals surface area (Å²) < 4.78 is 5.84. The summed E-state index contributed by atoms with van der Waals surface area (Å²) >= 11 is 0. The molecule has 1 N–H and O–H groups in total. The number of rotatable bonds is 3. The summed E-state index contributed by atoms with van der Waals surface area (Å²) in [4.78, 5) is 18.0. The average Bonchev–Trinajstić information content (AvgIpc) is 3.44. The number of hydrogen-bond donors (Lipinski definition) is 1. The van der Waals surface area contributed by atoms with Crippen LogP contribution in [0.25, 0.3) is 0 Å². The summed E-state index contributed by atoms with van der Waals surface area (Å²) in [5.41, 5.74) is 3.67. The molecule has 0 aromatic heterocycles. The normalized spacial score (nSPS) is 35.6. The van der Waals surface area contributed by atoms with E-state index in [2.05, 4.69) is 47.2 Å². The van der Waals surface area contributed by atoms with E-state index in [1.54, 1.807) is 0 Å². The molecule has 4 fully saturated rings. The molecule has 5 rings (SSSR count). The molecule has 5 heteroatoms. The average molecular weight is 398 g/mol. The van der Waals surface area contributed by atoms with Crippen molar-refractivity contribution >= 4 is 11.6 Å². The Morgan fingerprint density at radius 1 is 1.21 bits per heavy atom. The Morgan fingerprint density at radius 3 is 2.83 bits per heavy atom. The number of amides is 1. The fraction of sp³-hybridized carbons (Fsp3) is 0.708. The molecule has 4 heterocycles. The molecule has 4 aliphatic rings. The molecule has 2 unspecified atom stereocenters. The molecule has 4 saturated heterocycles. The second-order valence-electron chi connectivity index (χ2n) is 9.70. The Morgan fingerprint density at radius 2 is 2.10 bits per heavy atom. The van der Waals surface area contributed by atoms with Crippen LogP contribution < -0.4 is 10.2 Å². The van der Waals surface area contributed by atoms with Crippen LogP contribution in [0.3, 0.4) is 0 Å². The molecular weight excluding hydrogens is 362 g/mol. The highest BCUT2D eigenvalue weighted by Crippen LogP contribution is 2.48. The van der Waals surface area contributed by atoms with Crippen molar-refractivity contribution in [2.75, 3.05) is 44.3 Å². The van der Waals surface area contributed by atoms with Crippen LogP contribution in [0.2, 0.25) is 0 Å². The molecular formula is C24H35N3O2. The molecule has 0 aliphatic carbocycles. The number of hydrogen-bond acceptors (Lipinski definition) is 4. The van der Waals surface area contributed by atoms with Crippen LogP contribution in [-0.4, -0.2) is 62.3 Å². The van der Waals surface area contributed by atoms with Crippen LogP contribution in [0.15, 0.2) is 18.2 Å². The third-order valence-electron chi connectivity index (χ3n) is 8.18. The molecule has 1 amide bonds. The van der Waals surface area contributed by atoms with E-state index < -0.39 is 0 Å². The number of nitrogens with zero attached hydrogens (tertiary/aromatic N) is 2. The van der Waals surface area contributed by atoms with Crippen LogP contribution in [0.1, 0.15) is 56.1 Å². The zero-order chi connectivity index (χ0) is 20.0. The Balaban J connectivity index is 1.35. The van der Waals surface area contributed by atoms with Crippen molar-refractivity contribution in [3.8, 4) is 0 Å². The van der Waals surface area contributed by atoms with E-state index in [1.807, 2.05) is 0 Å². The molecule has 1 aromatic carbocycles. The molecule has 0 bridgehead atoms. The number of ether oxygens (including phenoxy) is 1. The number of anilines is 1. The first-order valence-corrected chi connectivity index (χ1v) is 11.6. The summed E-state index contributed by atoms with van der Waals surface area (Å²) in [7, 11) is 0. The Labute approximate surface area is 174 Å². The van der Waals surface area contributed by atoms with E-state index in [0.717, 1.165) is 38.5 Å². The van der Waals surface area contributed by atoms with Crippen molar-refractivity contribution in [3.05, 3.63) is 29.3 Å². The second kappa shape index (κ2) is 7.59. The number of carbonyl (C=O) groups is 1. The van der Waals surface area contributed by atoms with Gasteiger partial charge in [-0.15, -0.1) is 0 Å². The Bertz CT molecular complexity index is 781. The molecule has 158 valence electrons. The zero-order valence-corrected chi connectivity index (χ0v) is 18.0. The summed E-state index contributed by atoms with van der Waals surface area (Å²) in [6.45, 7) is 10.3. The first-order valence-electron chi connectivity index (χ1n) is 11.6. The summed E-state index contributed by atoms with van der Waals surface area (Å²) in [5.74, 6) is 0.404. The van der Waals surface area contributed by atoms with Crippen molar-refractivity contribution in [3.63, 3.8) is 0 Å². The number of aryl methyl sites for hydroxylation is 1. The van der Waals surface area contributed by atoms with E-state index in [4.69, 9.17) is 4.74 Å². The first-order chi connectivity index (χ1) is 14.1. The van der Waals surface area contributed by atoms with Crippen LogP contribution in [0.5, 0.6) is 0 Å². The lowest BCUT2D eigenvalue weighted by Gasteiger charge is -2.40. The predicted molar refractivity (Wildman–Crippen MR) is 115 cm³/mol. The quantitative estimate of drug-likeness (QED) is 0.851. The van der Waals surface area contributed by atoms with E-state index in [-0.39, 0.29) is 17.2 Å². The van der Waals surface area contributed by atoms with Gasteiger partial charge in [-0.05, 0) is 75.8 Å². The van der Waals surface area contributed by atoms with E-state index in [1.165, 1.54) is 42.6 Å². The maximum atomic E-state index is 12.7. The summed E-state index contributed by atoms with van der Waals surface area (Å²) in [5, 5.41) is 3.08. The van der Waals surface area contributed by atoms with E-state index in [9.17, 15) is 4.79 Å². The van der Waals surface area contributed by atoms with Gasteiger partial charge in [0.1, 0.15) is 0 Å². The molecule has 5 nitrogen and oxygen atoms in total. The van der Waals surface area contributed by atoms with Gasteiger partial charge < -0.3 is 15.0 Å². The van der Waals surface area contributed by atoms with Gasteiger partial charge in [0.2, 0.25) is 5.91 Å².